The fraction of sp³-hybridized carbons (Fsp3) is 0.381. The highest BCUT2D eigenvalue weighted by atomic mass is 127. The Bertz CT molecular complexity index is 763. The maximum absolute atomic E-state index is 12.1. The number of rotatable bonds is 6. The second-order valence-corrected chi connectivity index (χ2v) is 6.54. The van der Waals surface area contributed by atoms with Gasteiger partial charge in [-0.15, -0.1) is 24.0 Å². The summed E-state index contributed by atoms with van der Waals surface area (Å²) < 4.78 is 0. The van der Waals surface area contributed by atoms with Crippen LogP contribution in [-0.2, 0) is 0 Å². The molecule has 1 aliphatic rings. The van der Waals surface area contributed by atoms with E-state index in [0.29, 0.717) is 18.7 Å². The van der Waals surface area contributed by atoms with Crippen LogP contribution in [0.25, 0.3) is 0 Å². The third-order valence-electron chi connectivity index (χ3n) is 4.62. The molecular weight excluding hydrogens is 479 g/mol. The van der Waals surface area contributed by atoms with Gasteiger partial charge in [0, 0.05) is 57.3 Å². The van der Waals surface area contributed by atoms with Crippen molar-refractivity contribution in [1.29, 1.82) is 0 Å². The summed E-state index contributed by atoms with van der Waals surface area (Å²) in [6, 6.07) is 14.0. The zero-order valence-corrected chi connectivity index (χ0v) is 19.1. The lowest BCUT2D eigenvalue weighted by Crippen LogP contribution is -2.52. The molecule has 156 valence electrons. The molecule has 1 saturated heterocycles. The molecule has 1 aromatic carbocycles. The third-order valence-corrected chi connectivity index (χ3v) is 4.62. The Hall–Kier alpha value is -2.36. The molecule has 1 aliphatic heterocycles. The Morgan fingerprint density at radius 2 is 1.83 bits per heavy atom. The van der Waals surface area contributed by atoms with Gasteiger partial charge < -0.3 is 20.4 Å². The van der Waals surface area contributed by atoms with Crippen LogP contribution in [0.5, 0.6) is 0 Å². The zero-order chi connectivity index (χ0) is 19.6. The van der Waals surface area contributed by atoms with E-state index in [-0.39, 0.29) is 29.9 Å². The van der Waals surface area contributed by atoms with E-state index in [4.69, 9.17) is 0 Å². The minimum Gasteiger partial charge on any atom is -0.368 e. The molecule has 2 heterocycles. The molecule has 0 spiro atoms. The number of amides is 1. The number of carbonyl (C=O) groups is 1. The largest absolute Gasteiger partial charge is 0.368 e. The summed E-state index contributed by atoms with van der Waals surface area (Å²) >= 11 is 0. The maximum atomic E-state index is 12.1. The number of piperazine rings is 1. The molecule has 0 saturated carbocycles. The number of guanidine groups is 1. The van der Waals surface area contributed by atoms with E-state index in [0.717, 1.165) is 38.7 Å². The molecule has 7 nitrogen and oxygen atoms in total. The molecule has 1 fully saturated rings. The predicted molar refractivity (Wildman–Crippen MR) is 128 cm³/mol. The van der Waals surface area contributed by atoms with Crippen molar-refractivity contribution >= 4 is 41.5 Å². The summed E-state index contributed by atoms with van der Waals surface area (Å²) in [5.41, 5.74) is 1.83. The first-order valence-corrected chi connectivity index (χ1v) is 9.79. The van der Waals surface area contributed by atoms with Gasteiger partial charge in [0.1, 0.15) is 0 Å². The highest BCUT2D eigenvalue weighted by Crippen LogP contribution is 2.15. The Morgan fingerprint density at radius 3 is 2.48 bits per heavy atom. The normalized spacial score (nSPS) is 14.2. The van der Waals surface area contributed by atoms with E-state index in [9.17, 15) is 4.79 Å². The predicted octanol–water partition coefficient (Wildman–Crippen LogP) is 2.22. The maximum Gasteiger partial charge on any atom is 0.252 e. The van der Waals surface area contributed by atoms with Crippen LogP contribution in [0.15, 0.2) is 59.9 Å². The van der Waals surface area contributed by atoms with Crippen molar-refractivity contribution in [3.63, 3.8) is 0 Å². The summed E-state index contributed by atoms with van der Waals surface area (Å²) in [4.78, 5) is 25.4. The molecule has 1 amide bonds. The van der Waals surface area contributed by atoms with Crippen molar-refractivity contribution < 1.29 is 4.79 Å². The van der Waals surface area contributed by atoms with Gasteiger partial charge in [0.05, 0.1) is 12.1 Å². The number of nitrogens with zero attached hydrogens (tertiary/aromatic N) is 4. The molecule has 0 atom stereocenters. The molecule has 1 aromatic heterocycles. The summed E-state index contributed by atoms with van der Waals surface area (Å²) in [5.74, 6) is 0.788. The van der Waals surface area contributed by atoms with Crippen LogP contribution in [0.4, 0.5) is 5.69 Å². The average molecular weight is 508 g/mol. The van der Waals surface area contributed by atoms with Gasteiger partial charge in [0.2, 0.25) is 0 Å². The van der Waals surface area contributed by atoms with Crippen LogP contribution in [-0.4, -0.2) is 67.6 Å². The van der Waals surface area contributed by atoms with Crippen molar-refractivity contribution in [2.24, 2.45) is 4.99 Å². The van der Waals surface area contributed by atoms with Crippen molar-refractivity contribution in [2.45, 2.75) is 6.92 Å². The first-order chi connectivity index (χ1) is 13.8. The van der Waals surface area contributed by atoms with Crippen LogP contribution in [0, 0.1) is 0 Å². The Kier molecular flexibility index (Phi) is 9.69. The van der Waals surface area contributed by atoms with Crippen molar-refractivity contribution in [3.05, 3.63) is 60.4 Å². The van der Waals surface area contributed by atoms with E-state index in [2.05, 4.69) is 61.6 Å². The number of hydrogen-bond acceptors (Lipinski definition) is 4. The Labute approximate surface area is 189 Å². The summed E-state index contributed by atoms with van der Waals surface area (Å²) in [6.07, 6.45) is 3.22. The lowest BCUT2D eigenvalue weighted by atomic mass is 10.2. The first kappa shape index (κ1) is 22.9. The summed E-state index contributed by atoms with van der Waals surface area (Å²) in [6.45, 7) is 7.68. The topological polar surface area (TPSA) is 72.9 Å². The minimum absolute atomic E-state index is 0. The Balaban J connectivity index is 0.00000300. The quantitative estimate of drug-likeness (QED) is 0.271. The van der Waals surface area contributed by atoms with Crippen molar-refractivity contribution in [2.75, 3.05) is 50.7 Å². The standard InChI is InChI=1S/C21H28N6O.HI/c1-2-23-21(25-12-11-24-20(28)18-7-6-10-22-17-18)27-15-13-26(14-16-27)19-8-4-3-5-9-19;/h3-10,17H,2,11-16H2,1H3,(H,23,25)(H,24,28);1H. The second kappa shape index (κ2) is 12.3. The smallest absolute Gasteiger partial charge is 0.252 e. The van der Waals surface area contributed by atoms with Gasteiger partial charge in [-0.05, 0) is 31.2 Å². The van der Waals surface area contributed by atoms with Crippen LogP contribution in [0.2, 0.25) is 0 Å². The summed E-state index contributed by atoms with van der Waals surface area (Å²) in [5, 5.41) is 6.25. The number of nitrogens with one attached hydrogen (secondary N) is 2. The van der Waals surface area contributed by atoms with E-state index in [1.165, 1.54) is 5.69 Å². The minimum atomic E-state index is -0.121. The van der Waals surface area contributed by atoms with Gasteiger partial charge in [-0.3, -0.25) is 14.8 Å². The van der Waals surface area contributed by atoms with Crippen molar-refractivity contribution in [1.82, 2.24) is 20.5 Å². The number of pyridine rings is 1. The monoisotopic (exact) mass is 508 g/mol. The molecule has 0 bridgehead atoms. The third kappa shape index (κ3) is 6.88. The lowest BCUT2D eigenvalue weighted by molar-refractivity contribution is 0.0954. The number of carbonyl (C=O) groups excluding carboxylic acids is 1. The molecule has 0 unspecified atom stereocenters. The van der Waals surface area contributed by atoms with Crippen LogP contribution >= 0.6 is 24.0 Å². The van der Waals surface area contributed by atoms with Gasteiger partial charge in [0.25, 0.3) is 5.91 Å². The summed E-state index contributed by atoms with van der Waals surface area (Å²) in [7, 11) is 0. The highest BCUT2D eigenvalue weighted by molar-refractivity contribution is 14.0. The number of aliphatic imine (C=N–C) groups is 1. The first-order valence-electron chi connectivity index (χ1n) is 9.79. The SMILES string of the molecule is CCNC(=NCCNC(=O)c1cccnc1)N1CCN(c2ccccc2)CC1.I. The molecule has 2 N–H and O–H groups in total. The van der Waals surface area contributed by atoms with Crippen molar-refractivity contribution in [3.8, 4) is 0 Å². The second-order valence-electron chi connectivity index (χ2n) is 6.54. The number of anilines is 1. The van der Waals surface area contributed by atoms with E-state index in [1.54, 1.807) is 24.5 Å². The Morgan fingerprint density at radius 1 is 1.07 bits per heavy atom. The molecule has 8 heteroatoms. The van der Waals surface area contributed by atoms with Gasteiger partial charge in [-0.2, -0.15) is 0 Å². The number of para-hydroxylation sites is 1. The number of aromatic nitrogens is 1. The van der Waals surface area contributed by atoms with Gasteiger partial charge >= 0.3 is 0 Å². The number of halogens is 1. The average Bonchev–Trinajstić information content (AvgIpc) is 2.77. The lowest BCUT2D eigenvalue weighted by Gasteiger charge is -2.37. The van der Waals surface area contributed by atoms with Gasteiger partial charge in [-0.1, -0.05) is 18.2 Å². The molecular formula is C21H29IN6O. The molecule has 29 heavy (non-hydrogen) atoms. The fourth-order valence-corrected chi connectivity index (χ4v) is 3.17. The number of benzene rings is 1. The number of hydrogen-bond donors (Lipinski definition) is 2. The fourth-order valence-electron chi connectivity index (χ4n) is 3.17. The molecule has 3 rings (SSSR count). The van der Waals surface area contributed by atoms with Gasteiger partial charge in [0.15, 0.2) is 5.96 Å². The molecule has 2 aromatic rings. The highest BCUT2D eigenvalue weighted by Gasteiger charge is 2.19. The van der Waals surface area contributed by atoms with Gasteiger partial charge in [-0.25, -0.2) is 0 Å². The van der Waals surface area contributed by atoms with E-state index < -0.39 is 0 Å². The zero-order valence-electron chi connectivity index (χ0n) is 16.8. The van der Waals surface area contributed by atoms with E-state index in [1.807, 2.05) is 6.07 Å². The van der Waals surface area contributed by atoms with Crippen LogP contribution in [0.1, 0.15) is 17.3 Å². The molecule has 0 radical (unpaired) electrons. The van der Waals surface area contributed by atoms with Crippen LogP contribution < -0.4 is 15.5 Å². The molecule has 0 aliphatic carbocycles. The van der Waals surface area contributed by atoms with E-state index >= 15 is 0 Å². The van der Waals surface area contributed by atoms with Crippen LogP contribution in [0.3, 0.4) is 0 Å².